The average Bonchev–Trinajstić information content (AvgIpc) is 3.33. The molecule has 30 heavy (non-hydrogen) atoms. The largest absolute Gasteiger partial charge is 0.481 e. The summed E-state index contributed by atoms with van der Waals surface area (Å²) >= 11 is 0. The number of thiophene rings is 1. The van der Waals surface area contributed by atoms with Gasteiger partial charge in [-0.3, -0.25) is 0 Å². The van der Waals surface area contributed by atoms with Crippen LogP contribution < -0.4 is 4.74 Å². The van der Waals surface area contributed by atoms with Gasteiger partial charge in [-0.05, 0) is 69.7 Å². The van der Waals surface area contributed by atoms with E-state index in [1.807, 2.05) is 13.8 Å². The molecule has 1 unspecified atom stereocenters. The van der Waals surface area contributed by atoms with Gasteiger partial charge in [0.15, 0.2) is 21.8 Å². The zero-order valence-corrected chi connectivity index (χ0v) is 18.6. The van der Waals surface area contributed by atoms with Crippen LogP contribution in [-0.4, -0.2) is 18.2 Å². The van der Waals surface area contributed by atoms with Crippen molar-refractivity contribution in [1.82, 2.24) is 0 Å². The number of terminal acetylenes is 1. The summed E-state index contributed by atoms with van der Waals surface area (Å²) in [5.74, 6) is 3.02. The van der Waals surface area contributed by atoms with Crippen molar-refractivity contribution in [2.75, 3.05) is 6.61 Å². The number of fused-ring (bicyclic) bond motifs is 1. The van der Waals surface area contributed by atoms with Crippen molar-refractivity contribution in [3.63, 3.8) is 0 Å². The highest BCUT2D eigenvalue weighted by Gasteiger charge is 2.35. The highest BCUT2D eigenvalue weighted by atomic mass is 32.2. The molecule has 0 saturated heterocycles. The standard InChI is InChI=1S/C26H27O3S/c1-5-26(12-8-9-13-26)29-24(27)16-28-25-18(2)14-21(15-19(25)3)30-17-20(4)22-10-6-7-11-23(22)30/h1,6-7,10-11,14-15,17H,8-9,12-13,16H2,2-4H3/q+1. The van der Waals surface area contributed by atoms with Gasteiger partial charge in [-0.25, -0.2) is 4.79 Å². The lowest BCUT2D eigenvalue weighted by Gasteiger charge is -2.23. The molecule has 0 amide bonds. The third kappa shape index (κ3) is 3.82. The number of carbonyl (C=O) groups is 1. The second-order valence-electron chi connectivity index (χ2n) is 8.13. The number of hydrogen-bond donors (Lipinski definition) is 0. The van der Waals surface area contributed by atoms with Crippen LogP contribution in [0.15, 0.2) is 41.8 Å². The topological polar surface area (TPSA) is 35.5 Å². The summed E-state index contributed by atoms with van der Waals surface area (Å²) < 4.78 is 12.8. The molecule has 1 aromatic heterocycles. The van der Waals surface area contributed by atoms with E-state index in [4.69, 9.17) is 15.9 Å². The van der Waals surface area contributed by atoms with E-state index in [1.165, 1.54) is 20.5 Å². The number of hydrogen-bond acceptors (Lipinski definition) is 3. The predicted molar refractivity (Wildman–Crippen MR) is 124 cm³/mol. The molecule has 1 heterocycles. The number of carbonyl (C=O) groups excluding carboxylic acids is 1. The fourth-order valence-corrected chi connectivity index (χ4v) is 6.64. The van der Waals surface area contributed by atoms with Crippen LogP contribution in [0.25, 0.3) is 15.0 Å². The molecule has 0 aliphatic heterocycles. The lowest BCUT2D eigenvalue weighted by Crippen LogP contribution is -2.32. The summed E-state index contributed by atoms with van der Waals surface area (Å²) in [6.07, 6.45) is 9.08. The van der Waals surface area contributed by atoms with Crippen molar-refractivity contribution in [2.24, 2.45) is 0 Å². The Morgan fingerprint density at radius 2 is 1.77 bits per heavy atom. The molecule has 0 bridgehead atoms. The molecule has 0 N–H and O–H groups in total. The molecular weight excluding hydrogens is 392 g/mol. The molecule has 1 atom stereocenters. The Hall–Kier alpha value is -2.77. The first-order chi connectivity index (χ1) is 14.4. The number of esters is 1. The maximum atomic E-state index is 12.4. The lowest BCUT2D eigenvalue weighted by molar-refractivity contribution is -0.156. The maximum Gasteiger partial charge on any atom is 0.345 e. The molecule has 2 aromatic carbocycles. The Balaban J connectivity index is 1.53. The first-order valence-electron chi connectivity index (χ1n) is 10.4. The van der Waals surface area contributed by atoms with E-state index in [2.05, 4.69) is 54.6 Å². The van der Waals surface area contributed by atoms with E-state index in [0.29, 0.717) is 0 Å². The van der Waals surface area contributed by atoms with Gasteiger partial charge >= 0.3 is 5.97 Å². The fourth-order valence-electron chi connectivity index (χ4n) is 4.35. The van der Waals surface area contributed by atoms with Gasteiger partial charge in [0.1, 0.15) is 11.1 Å². The van der Waals surface area contributed by atoms with Crippen molar-refractivity contribution in [2.45, 2.75) is 52.1 Å². The lowest BCUT2D eigenvalue weighted by atomic mass is 10.0. The first kappa shape index (κ1) is 20.5. The van der Waals surface area contributed by atoms with Gasteiger partial charge < -0.3 is 9.47 Å². The van der Waals surface area contributed by atoms with E-state index in [-0.39, 0.29) is 17.1 Å². The number of ether oxygens (including phenoxy) is 2. The molecule has 4 heteroatoms. The van der Waals surface area contributed by atoms with Crippen LogP contribution in [-0.2, 0) is 9.53 Å². The Bertz CT molecular complexity index is 1120. The first-order valence-corrected chi connectivity index (χ1v) is 11.7. The van der Waals surface area contributed by atoms with E-state index >= 15 is 0 Å². The van der Waals surface area contributed by atoms with Crippen molar-refractivity contribution in [1.29, 1.82) is 0 Å². The van der Waals surface area contributed by atoms with Crippen molar-refractivity contribution in [3.8, 4) is 23.0 Å². The van der Waals surface area contributed by atoms with Crippen molar-refractivity contribution in [3.05, 3.63) is 58.5 Å². The molecule has 154 valence electrons. The summed E-state index contributed by atoms with van der Waals surface area (Å²) in [6.45, 7) is 6.10. The van der Waals surface area contributed by atoms with Crippen molar-refractivity contribution >= 4 is 26.5 Å². The van der Waals surface area contributed by atoms with E-state index < -0.39 is 11.6 Å². The monoisotopic (exact) mass is 419 g/mol. The van der Waals surface area contributed by atoms with Gasteiger partial charge in [0, 0.05) is 33.6 Å². The normalized spacial score (nSPS) is 15.7. The van der Waals surface area contributed by atoms with E-state index in [9.17, 15) is 4.79 Å². The van der Waals surface area contributed by atoms with Crippen LogP contribution in [0.4, 0.5) is 0 Å². The number of benzene rings is 2. The molecule has 0 radical (unpaired) electrons. The second-order valence-corrected chi connectivity index (χ2v) is 9.95. The molecule has 3 nitrogen and oxygen atoms in total. The van der Waals surface area contributed by atoms with Gasteiger partial charge in [-0.1, -0.05) is 18.1 Å². The third-order valence-corrected chi connectivity index (χ3v) is 8.01. The molecule has 1 aliphatic rings. The molecule has 1 fully saturated rings. The van der Waals surface area contributed by atoms with Crippen molar-refractivity contribution < 1.29 is 14.3 Å². The zero-order valence-electron chi connectivity index (χ0n) is 17.8. The van der Waals surface area contributed by atoms with Crippen LogP contribution in [0.3, 0.4) is 0 Å². The summed E-state index contributed by atoms with van der Waals surface area (Å²) in [4.78, 5) is 13.6. The predicted octanol–water partition coefficient (Wildman–Crippen LogP) is 6.37. The molecular formula is C26H27O3S+. The minimum atomic E-state index is -0.741. The smallest absolute Gasteiger partial charge is 0.345 e. The zero-order chi connectivity index (χ0) is 21.3. The minimum Gasteiger partial charge on any atom is -0.481 e. The number of rotatable bonds is 5. The summed E-state index contributed by atoms with van der Waals surface area (Å²) in [7, 11) is -0.0789. The SMILES string of the molecule is C#CC1(OC(=O)COc2c(C)cc(-[s+]3cc(C)c4ccccc43)cc2C)CCCC1. The minimum absolute atomic E-state index is 0.0789. The van der Waals surface area contributed by atoms with Crippen LogP contribution >= 0.6 is 10.5 Å². The van der Waals surface area contributed by atoms with Crippen LogP contribution in [0.2, 0.25) is 0 Å². The van der Waals surface area contributed by atoms with Crippen LogP contribution in [0.1, 0.15) is 42.4 Å². The second kappa shape index (κ2) is 8.16. The quantitative estimate of drug-likeness (QED) is 0.274. The van der Waals surface area contributed by atoms with Crippen LogP contribution in [0, 0.1) is 33.1 Å². The fraction of sp³-hybridized carbons (Fsp3) is 0.346. The van der Waals surface area contributed by atoms with Gasteiger partial charge in [0.05, 0.1) is 0 Å². The number of aryl methyl sites for hydroxylation is 3. The van der Waals surface area contributed by atoms with Gasteiger partial charge in [-0.2, -0.15) is 0 Å². The van der Waals surface area contributed by atoms with Crippen LogP contribution in [0.5, 0.6) is 5.75 Å². The highest BCUT2D eigenvalue weighted by Crippen LogP contribution is 2.44. The maximum absolute atomic E-state index is 12.4. The average molecular weight is 420 g/mol. The Morgan fingerprint density at radius 1 is 1.10 bits per heavy atom. The Kier molecular flexibility index (Phi) is 5.58. The van der Waals surface area contributed by atoms with E-state index in [1.54, 1.807) is 0 Å². The Labute approximate surface area is 181 Å². The van der Waals surface area contributed by atoms with Gasteiger partial charge in [0.25, 0.3) is 0 Å². The molecule has 3 aromatic rings. The Morgan fingerprint density at radius 3 is 2.43 bits per heavy atom. The van der Waals surface area contributed by atoms with E-state index in [0.717, 1.165) is 42.6 Å². The van der Waals surface area contributed by atoms with Gasteiger partial charge in [-0.15, -0.1) is 6.42 Å². The molecule has 1 saturated carbocycles. The molecule has 0 spiro atoms. The summed E-state index contributed by atoms with van der Waals surface area (Å²) in [6, 6.07) is 12.9. The summed E-state index contributed by atoms with van der Waals surface area (Å²) in [5, 5.41) is 3.67. The molecule has 4 rings (SSSR count). The summed E-state index contributed by atoms with van der Waals surface area (Å²) in [5.41, 5.74) is 2.62. The molecule has 1 aliphatic carbocycles. The van der Waals surface area contributed by atoms with Gasteiger partial charge in [0.2, 0.25) is 0 Å². The highest BCUT2D eigenvalue weighted by molar-refractivity contribution is 7.43. The third-order valence-electron chi connectivity index (χ3n) is 5.85.